The van der Waals surface area contributed by atoms with E-state index in [1.165, 1.54) is 30.9 Å². The highest BCUT2D eigenvalue weighted by Crippen LogP contribution is 2.33. The van der Waals surface area contributed by atoms with Crippen LogP contribution >= 0.6 is 0 Å². The van der Waals surface area contributed by atoms with Crippen LogP contribution in [0.15, 0.2) is 62.9 Å². The molecule has 1 fully saturated rings. The van der Waals surface area contributed by atoms with Crippen LogP contribution in [-0.4, -0.2) is 43.4 Å². The first-order chi connectivity index (χ1) is 19.2. The van der Waals surface area contributed by atoms with Crippen LogP contribution in [0, 0.1) is 0 Å². The molecule has 1 aliphatic carbocycles. The highest BCUT2D eigenvalue weighted by Gasteiger charge is 2.35. The van der Waals surface area contributed by atoms with Gasteiger partial charge >= 0.3 is 11.7 Å². The van der Waals surface area contributed by atoms with Gasteiger partial charge in [0.25, 0.3) is 5.56 Å². The number of benzene rings is 1. The minimum Gasteiger partial charge on any atom is -0.496 e. The monoisotopic (exact) mass is 548 g/mol. The maximum atomic E-state index is 14.0. The Labute approximate surface area is 230 Å². The Kier molecular flexibility index (Phi) is 7.57. The molecule has 1 saturated carbocycles. The van der Waals surface area contributed by atoms with Crippen LogP contribution < -0.4 is 16.0 Å². The van der Waals surface area contributed by atoms with Crippen molar-refractivity contribution in [3.63, 3.8) is 0 Å². The van der Waals surface area contributed by atoms with E-state index in [4.69, 9.17) is 13.9 Å². The predicted molar refractivity (Wildman–Crippen MR) is 146 cm³/mol. The number of methoxy groups -OCH3 is 1. The standard InChI is InChI=1S/C29H32N4O7/c1-29(2,27(35)36)33-26(34)24-21(14-13-20(31-24)25-30-15-16-39-25)32(28(33)37)17-23(40-18-9-5-4-6-10-18)19-11-7-8-12-22(19)38-3/h7-8,11-16,18,23H,4-6,9-10,17H2,1-3H3,(H,35,36)/t23-/m0/s1. The summed E-state index contributed by atoms with van der Waals surface area (Å²) in [6.45, 7) is 2.62. The van der Waals surface area contributed by atoms with E-state index >= 15 is 0 Å². The fourth-order valence-corrected chi connectivity index (χ4v) is 5.22. The van der Waals surface area contributed by atoms with Gasteiger partial charge in [0, 0.05) is 5.56 Å². The molecule has 5 rings (SSSR count). The van der Waals surface area contributed by atoms with Gasteiger partial charge in [-0.05, 0) is 44.9 Å². The number of hydrogen-bond acceptors (Lipinski definition) is 8. The zero-order valence-corrected chi connectivity index (χ0v) is 22.7. The minimum atomic E-state index is -1.85. The van der Waals surface area contributed by atoms with Crippen molar-refractivity contribution >= 4 is 17.0 Å². The highest BCUT2D eigenvalue weighted by atomic mass is 16.5. The van der Waals surface area contributed by atoms with Crippen LogP contribution in [0.3, 0.4) is 0 Å². The van der Waals surface area contributed by atoms with Gasteiger partial charge in [0.1, 0.15) is 29.3 Å². The summed E-state index contributed by atoms with van der Waals surface area (Å²) in [6.07, 6.45) is 7.25. The molecule has 0 amide bonds. The molecule has 0 spiro atoms. The average molecular weight is 549 g/mol. The molecule has 1 aliphatic rings. The van der Waals surface area contributed by atoms with E-state index in [2.05, 4.69) is 9.97 Å². The van der Waals surface area contributed by atoms with Gasteiger partial charge in [0.05, 0.1) is 31.5 Å². The lowest BCUT2D eigenvalue weighted by Crippen LogP contribution is -2.53. The molecule has 1 N–H and O–H groups in total. The van der Waals surface area contributed by atoms with E-state index in [0.717, 1.165) is 42.2 Å². The summed E-state index contributed by atoms with van der Waals surface area (Å²) < 4.78 is 19.7. The molecule has 3 aromatic heterocycles. The number of aliphatic carboxylic acids is 1. The van der Waals surface area contributed by atoms with Crippen LogP contribution in [0.4, 0.5) is 0 Å². The summed E-state index contributed by atoms with van der Waals surface area (Å²) in [5, 5.41) is 9.96. The van der Waals surface area contributed by atoms with Crippen molar-refractivity contribution in [2.75, 3.05) is 7.11 Å². The lowest BCUT2D eigenvalue weighted by Gasteiger charge is -2.30. The number of aromatic nitrogens is 4. The minimum absolute atomic E-state index is 0.00220. The van der Waals surface area contributed by atoms with Gasteiger partial charge in [-0.1, -0.05) is 37.5 Å². The number of fused-ring (bicyclic) bond motifs is 1. The largest absolute Gasteiger partial charge is 0.496 e. The molecule has 0 radical (unpaired) electrons. The lowest BCUT2D eigenvalue weighted by atomic mass is 9.97. The van der Waals surface area contributed by atoms with Crippen LogP contribution in [0.1, 0.15) is 57.6 Å². The summed E-state index contributed by atoms with van der Waals surface area (Å²) in [5.74, 6) is -0.541. The van der Waals surface area contributed by atoms with E-state index in [1.54, 1.807) is 19.2 Å². The van der Waals surface area contributed by atoms with E-state index in [-0.39, 0.29) is 35.3 Å². The van der Waals surface area contributed by atoms with Crippen molar-refractivity contribution in [1.29, 1.82) is 0 Å². The van der Waals surface area contributed by atoms with E-state index < -0.39 is 28.9 Å². The maximum absolute atomic E-state index is 14.0. The fourth-order valence-electron chi connectivity index (χ4n) is 5.22. The number of carbonyl (C=O) groups is 1. The molecule has 210 valence electrons. The van der Waals surface area contributed by atoms with E-state index in [1.807, 2.05) is 24.3 Å². The number of oxazole rings is 1. The van der Waals surface area contributed by atoms with E-state index in [9.17, 15) is 19.5 Å². The third-order valence-corrected chi connectivity index (χ3v) is 7.47. The fraction of sp³-hybridized carbons (Fsp3) is 0.414. The number of ether oxygens (including phenoxy) is 2. The first-order valence-corrected chi connectivity index (χ1v) is 13.3. The normalized spacial score (nSPS) is 15.3. The second-order valence-corrected chi connectivity index (χ2v) is 10.4. The lowest BCUT2D eigenvalue weighted by molar-refractivity contribution is -0.146. The first-order valence-electron chi connectivity index (χ1n) is 13.3. The van der Waals surface area contributed by atoms with Crippen LogP contribution in [0.2, 0.25) is 0 Å². The SMILES string of the molecule is COc1ccccc1[C@H](Cn1c(=O)n(C(C)(C)C(=O)O)c(=O)c2nc(-c3ncco3)ccc21)OC1CCCCC1. The smallest absolute Gasteiger partial charge is 0.332 e. The summed E-state index contributed by atoms with van der Waals surface area (Å²) in [5.41, 5.74) is -2.26. The molecule has 0 saturated heterocycles. The summed E-state index contributed by atoms with van der Waals surface area (Å²) in [4.78, 5) is 48.5. The molecule has 40 heavy (non-hydrogen) atoms. The first kappa shape index (κ1) is 27.3. The number of carboxylic acids is 1. The van der Waals surface area contributed by atoms with Gasteiger partial charge in [0.2, 0.25) is 5.89 Å². The topological polar surface area (TPSA) is 139 Å². The Bertz CT molecular complexity index is 1630. The molecule has 1 atom stereocenters. The van der Waals surface area contributed by atoms with Crippen molar-refractivity contribution in [2.45, 2.75) is 70.2 Å². The number of carboxylic acid groups (broad SMARTS) is 1. The second-order valence-electron chi connectivity index (χ2n) is 10.4. The van der Waals surface area contributed by atoms with Crippen molar-refractivity contribution in [1.82, 2.24) is 19.1 Å². The molecule has 0 bridgehead atoms. The summed E-state index contributed by atoms with van der Waals surface area (Å²) >= 11 is 0. The summed E-state index contributed by atoms with van der Waals surface area (Å²) in [6, 6.07) is 10.6. The third kappa shape index (κ3) is 5.04. The van der Waals surface area contributed by atoms with Gasteiger partial charge < -0.3 is 19.0 Å². The molecule has 0 aliphatic heterocycles. The molecular weight excluding hydrogens is 516 g/mol. The van der Waals surface area contributed by atoms with Crippen LogP contribution in [-0.2, 0) is 21.6 Å². The summed E-state index contributed by atoms with van der Waals surface area (Å²) in [7, 11) is 1.57. The van der Waals surface area contributed by atoms with Gasteiger partial charge in [-0.15, -0.1) is 0 Å². The number of nitrogens with zero attached hydrogens (tertiary/aromatic N) is 4. The Morgan fingerprint density at radius 3 is 2.58 bits per heavy atom. The van der Waals surface area contributed by atoms with Crippen LogP contribution in [0.25, 0.3) is 22.6 Å². The van der Waals surface area contributed by atoms with Crippen molar-refractivity contribution in [2.24, 2.45) is 0 Å². The molecule has 1 aromatic carbocycles. The van der Waals surface area contributed by atoms with E-state index in [0.29, 0.717) is 5.75 Å². The zero-order valence-electron chi connectivity index (χ0n) is 22.7. The Morgan fingerprint density at radius 1 is 1.15 bits per heavy atom. The van der Waals surface area contributed by atoms with Crippen molar-refractivity contribution in [3.05, 3.63) is 75.3 Å². The Hall–Kier alpha value is -4.25. The number of pyridine rings is 1. The maximum Gasteiger partial charge on any atom is 0.332 e. The van der Waals surface area contributed by atoms with Gasteiger partial charge in [-0.3, -0.25) is 9.36 Å². The Balaban J connectivity index is 1.73. The van der Waals surface area contributed by atoms with Gasteiger partial charge in [0.15, 0.2) is 5.52 Å². The van der Waals surface area contributed by atoms with Crippen molar-refractivity contribution < 1.29 is 23.8 Å². The number of para-hydroxylation sites is 1. The number of rotatable bonds is 9. The van der Waals surface area contributed by atoms with Crippen LogP contribution in [0.5, 0.6) is 5.75 Å². The average Bonchev–Trinajstić information content (AvgIpc) is 3.50. The molecule has 4 aromatic rings. The van der Waals surface area contributed by atoms with Gasteiger partial charge in [-0.2, -0.15) is 0 Å². The molecule has 3 heterocycles. The number of hydrogen-bond donors (Lipinski definition) is 1. The second kappa shape index (κ2) is 11.1. The van der Waals surface area contributed by atoms with Crippen molar-refractivity contribution in [3.8, 4) is 17.3 Å². The third-order valence-electron chi connectivity index (χ3n) is 7.47. The molecule has 11 heteroatoms. The molecular formula is C29H32N4O7. The Morgan fingerprint density at radius 2 is 1.90 bits per heavy atom. The molecule has 11 nitrogen and oxygen atoms in total. The zero-order chi connectivity index (χ0) is 28.4. The highest BCUT2D eigenvalue weighted by molar-refractivity contribution is 5.79. The molecule has 0 unspecified atom stereocenters. The predicted octanol–water partition coefficient (Wildman–Crippen LogP) is 4.13. The quantitative estimate of drug-likeness (QED) is 0.327. The van der Waals surface area contributed by atoms with Gasteiger partial charge in [-0.25, -0.2) is 24.1 Å².